The Morgan fingerprint density at radius 1 is 1.38 bits per heavy atom. The number of hydrogen-bond acceptors (Lipinski definition) is 6. The van der Waals surface area contributed by atoms with E-state index in [0.29, 0.717) is 24.4 Å². The Hall–Kier alpha value is -1.41. The molecule has 2 atom stereocenters. The number of fused-ring (bicyclic) bond motifs is 1. The molecule has 11 heteroatoms. The molecule has 0 bridgehead atoms. The third-order valence-electron chi connectivity index (χ3n) is 4.29. The predicted molar refractivity (Wildman–Crippen MR) is 110 cm³/mol. The summed E-state index contributed by atoms with van der Waals surface area (Å²) in [6.07, 6.45) is 0.917. The molecule has 0 saturated carbocycles. The molecule has 29 heavy (non-hydrogen) atoms. The summed E-state index contributed by atoms with van der Waals surface area (Å²) in [7, 11) is 0. The van der Waals surface area contributed by atoms with Gasteiger partial charge >= 0.3 is 0 Å². The van der Waals surface area contributed by atoms with Crippen molar-refractivity contribution in [3.05, 3.63) is 34.6 Å². The number of ketones is 2. The van der Waals surface area contributed by atoms with Crippen molar-refractivity contribution >= 4 is 45.0 Å². The van der Waals surface area contributed by atoms with Crippen LogP contribution in [0.2, 0.25) is 0 Å². The van der Waals surface area contributed by atoms with Gasteiger partial charge in [0, 0.05) is 52.0 Å². The minimum atomic E-state index is -0.784. The second-order valence-corrected chi connectivity index (χ2v) is 7.49. The number of nitrogens with one attached hydrogen (secondary N) is 1. The summed E-state index contributed by atoms with van der Waals surface area (Å²) in [4.78, 5) is 45.1. The van der Waals surface area contributed by atoms with Crippen LogP contribution in [0.25, 0.3) is 15.5 Å². The molecule has 5 N–H and O–H groups in total. The molecular weight excluding hydrogens is 607 g/mol. The third kappa shape index (κ3) is 6.54. The summed E-state index contributed by atoms with van der Waals surface area (Å²) < 4.78 is 0.896. The number of aromatic nitrogens is 1. The molecule has 1 saturated heterocycles. The van der Waals surface area contributed by atoms with Gasteiger partial charge in [-0.15, -0.1) is 11.3 Å². The summed E-state index contributed by atoms with van der Waals surface area (Å²) >= 11 is 1.28. The Bertz CT molecular complexity index is 901. The zero-order valence-corrected chi connectivity index (χ0v) is 21.3. The molecule has 0 spiro atoms. The van der Waals surface area contributed by atoms with E-state index in [-0.39, 0.29) is 76.0 Å². The molecule has 1 radical (unpaired) electrons. The molecule has 1 aliphatic heterocycles. The van der Waals surface area contributed by atoms with E-state index in [1.54, 1.807) is 0 Å². The van der Waals surface area contributed by atoms with E-state index in [9.17, 15) is 14.4 Å². The first-order chi connectivity index (χ1) is 13.4. The predicted octanol–water partition coefficient (Wildman–Crippen LogP) is 0.979. The number of Topliss-reactive ketones (excluding diaryl/α,β-unsaturated/α-hetero) is 2. The van der Waals surface area contributed by atoms with Crippen LogP contribution in [0, 0.1) is 44.1 Å². The van der Waals surface area contributed by atoms with Crippen molar-refractivity contribution in [3.63, 3.8) is 0 Å². The molecule has 1 amide bonds. The zero-order valence-electron chi connectivity index (χ0n) is 15.7. The number of benzene rings is 1. The molecule has 1 unspecified atom stereocenters. The molecule has 1 aliphatic rings. The minimum Gasteiger partial charge on any atom is -0.645 e. The molecule has 153 valence electrons. The average Bonchev–Trinajstić information content (AvgIpc) is 3.29. The van der Waals surface area contributed by atoms with Crippen LogP contribution in [-0.2, 0) is 9.59 Å². The van der Waals surface area contributed by atoms with Crippen LogP contribution in [0.15, 0.2) is 29.3 Å². The third-order valence-corrected chi connectivity index (χ3v) is 5.35. The van der Waals surface area contributed by atoms with Crippen molar-refractivity contribution < 1.29 is 59.9 Å². The van der Waals surface area contributed by atoms with E-state index in [1.807, 2.05) is 24.3 Å². The Morgan fingerprint density at radius 3 is 2.79 bits per heavy atom. The van der Waals surface area contributed by atoms with Crippen molar-refractivity contribution in [2.45, 2.75) is 31.3 Å². The van der Waals surface area contributed by atoms with Gasteiger partial charge in [0.05, 0.1) is 16.3 Å². The van der Waals surface area contributed by atoms with Gasteiger partial charge in [-0.3, -0.25) is 14.6 Å². The maximum Gasteiger partial charge on any atom is 0.213 e. The van der Waals surface area contributed by atoms with E-state index in [0.717, 1.165) is 10.2 Å². The van der Waals surface area contributed by atoms with Crippen LogP contribution in [0.5, 0.6) is 0 Å². The summed E-state index contributed by atoms with van der Waals surface area (Å²) in [6, 6.07) is 5.92. The second kappa shape index (κ2) is 11.1. The molecule has 1 aromatic heterocycles. The van der Waals surface area contributed by atoms with E-state index in [1.165, 1.54) is 11.3 Å². The molecular formula is C18H23AcN6O3S-. The number of amides is 1. The van der Waals surface area contributed by atoms with Crippen LogP contribution in [-0.4, -0.2) is 53.6 Å². The number of carbonyl (C=O) groups is 3. The van der Waals surface area contributed by atoms with Crippen LogP contribution in [0.4, 0.5) is 0 Å². The molecule has 2 heterocycles. The van der Waals surface area contributed by atoms with Gasteiger partial charge in [0.2, 0.25) is 11.7 Å². The fraction of sp³-hybridized carbons (Fsp3) is 0.389. The number of hydrogen-bond donors (Lipinski definition) is 3. The van der Waals surface area contributed by atoms with E-state index in [4.69, 9.17) is 11.5 Å². The maximum absolute atomic E-state index is 13.0. The van der Waals surface area contributed by atoms with Crippen LogP contribution >= 0.6 is 11.3 Å². The summed E-state index contributed by atoms with van der Waals surface area (Å²) in [6.45, 7) is 0.382. The van der Waals surface area contributed by atoms with Crippen molar-refractivity contribution in [1.82, 2.24) is 10.3 Å². The minimum absolute atomic E-state index is 0. The number of nitrogens with two attached hydrogens (primary N) is 2. The summed E-state index contributed by atoms with van der Waals surface area (Å²) in [5.74, 6) is -0.806. The number of para-hydroxylation sites is 1. The maximum atomic E-state index is 13.0. The van der Waals surface area contributed by atoms with Crippen LogP contribution < -0.4 is 16.8 Å². The number of nitrogens with zero attached hydrogens (tertiary/aromatic N) is 3. The normalized spacial score (nSPS) is 16.8. The number of thiazole rings is 1. The van der Waals surface area contributed by atoms with E-state index >= 15 is 0 Å². The Balaban J connectivity index is 0.00000225. The van der Waals surface area contributed by atoms with Gasteiger partial charge in [-0.1, -0.05) is 18.7 Å². The standard InChI is InChI=1S/C18H21N6O3S.Ac.H2/c19-18(20)21-7-3-5-12(23-16(27)13-8-10(25)9-22-13)15(26)17-24-11-4-1-2-6-14(11)28-17;;/h1-2,4,6,12-13H,3,5,7-9H2,(H,23,27)(H4,19,20,21);;1H/q-1;;/t12?,13-;;/m0../s1. The Labute approximate surface area is 209 Å². The Morgan fingerprint density at radius 2 is 2.14 bits per heavy atom. The van der Waals surface area contributed by atoms with Crippen LogP contribution in [0.3, 0.4) is 0 Å². The summed E-state index contributed by atoms with van der Waals surface area (Å²) in [5.41, 5.74) is 11.4. The van der Waals surface area contributed by atoms with Gasteiger partial charge < -0.3 is 26.9 Å². The van der Waals surface area contributed by atoms with Crippen molar-refractivity contribution in [2.24, 2.45) is 16.5 Å². The smallest absolute Gasteiger partial charge is 0.213 e. The second-order valence-electron chi connectivity index (χ2n) is 6.46. The van der Waals surface area contributed by atoms with Gasteiger partial charge in [0.15, 0.2) is 11.0 Å². The first-order valence-electron chi connectivity index (χ1n) is 8.88. The number of rotatable bonds is 8. The molecule has 0 aliphatic carbocycles. The van der Waals surface area contributed by atoms with Gasteiger partial charge in [0.25, 0.3) is 0 Å². The molecule has 2 aromatic rings. The fourth-order valence-electron chi connectivity index (χ4n) is 2.90. The monoisotopic (exact) mass is 630 g/mol. The summed E-state index contributed by atoms with van der Waals surface area (Å²) in [5, 5.41) is 7.07. The first kappa shape index (κ1) is 23.9. The molecule has 1 aromatic carbocycles. The SMILES string of the molecule is NC(N)=NCCCC(NC(=O)[C@@H]1CC(=O)C[N-]1)C(=O)c1nc2ccccc2s1.[Ac].[HH]. The molecule has 3 rings (SSSR count). The van der Waals surface area contributed by atoms with Crippen molar-refractivity contribution in [1.29, 1.82) is 0 Å². The number of carbonyl (C=O) groups excluding carboxylic acids is 3. The fourth-order valence-corrected chi connectivity index (χ4v) is 3.86. The quantitative estimate of drug-likeness (QED) is 0.171. The number of aliphatic imine (C=N–C) groups is 1. The van der Waals surface area contributed by atoms with Crippen molar-refractivity contribution in [3.8, 4) is 0 Å². The average molecular weight is 630 g/mol. The molecule has 1 fully saturated rings. The van der Waals surface area contributed by atoms with Crippen LogP contribution in [0.1, 0.15) is 30.5 Å². The zero-order chi connectivity index (χ0) is 20.1. The van der Waals surface area contributed by atoms with Gasteiger partial charge in [-0.25, -0.2) is 4.98 Å². The van der Waals surface area contributed by atoms with Gasteiger partial charge in [-0.2, -0.15) is 0 Å². The van der Waals surface area contributed by atoms with Crippen molar-refractivity contribution in [2.75, 3.05) is 13.1 Å². The molecule has 9 nitrogen and oxygen atoms in total. The number of guanidine groups is 1. The topological polar surface area (TPSA) is 155 Å². The van der Waals surface area contributed by atoms with Gasteiger partial charge in [0.1, 0.15) is 5.78 Å². The first-order valence-corrected chi connectivity index (χ1v) is 9.69. The Kier molecular flexibility index (Phi) is 9.14. The van der Waals surface area contributed by atoms with Gasteiger partial charge in [-0.05, 0) is 37.4 Å². The van der Waals surface area contributed by atoms with E-state index in [2.05, 4.69) is 20.6 Å². The van der Waals surface area contributed by atoms with E-state index < -0.39 is 18.0 Å². The largest absolute Gasteiger partial charge is 0.645 e.